The largest absolute Gasteiger partial charge is 0.342 e. The first-order chi connectivity index (χ1) is 24.9. The van der Waals surface area contributed by atoms with Crippen molar-refractivity contribution in [2.24, 2.45) is 11.8 Å². The van der Waals surface area contributed by atoms with E-state index >= 15 is 0 Å². The van der Waals surface area contributed by atoms with Gasteiger partial charge in [-0.3, -0.25) is 4.79 Å². The molecule has 4 atom stereocenters. The van der Waals surface area contributed by atoms with Crippen LogP contribution in [-0.2, 0) is 76.2 Å². The number of piperidine rings is 1. The van der Waals surface area contributed by atoms with Gasteiger partial charge < -0.3 is 20.9 Å². The van der Waals surface area contributed by atoms with Gasteiger partial charge in [0.15, 0.2) is 0 Å². The van der Waals surface area contributed by atoms with Crippen molar-refractivity contribution in [3.8, 4) is 0 Å². The van der Waals surface area contributed by atoms with Crippen molar-refractivity contribution in [1.29, 1.82) is 0 Å². The smallest absolute Gasteiger partial charge is 0.332 e. The van der Waals surface area contributed by atoms with Crippen LogP contribution in [0.3, 0.4) is 0 Å². The summed E-state index contributed by atoms with van der Waals surface area (Å²) in [5.74, 6) is 0.391. The van der Waals surface area contributed by atoms with E-state index in [-0.39, 0.29) is 24.3 Å². The Hall–Kier alpha value is -3.69. The Morgan fingerprint density at radius 1 is 0.673 bits per heavy atom. The first-order valence-electron chi connectivity index (χ1n) is 18.8. The number of hydrogen-bond acceptors (Lipinski definition) is 8. The van der Waals surface area contributed by atoms with Gasteiger partial charge in [-0.15, -0.1) is 0 Å². The molecule has 0 bridgehead atoms. The number of aryl methyl sites for hydroxylation is 2. The molecular weight excluding hydrogens is 705 g/mol. The van der Waals surface area contributed by atoms with Gasteiger partial charge in [-0.2, -0.15) is 0 Å². The van der Waals surface area contributed by atoms with Crippen LogP contribution in [0.2, 0.25) is 0 Å². The highest BCUT2D eigenvalue weighted by Gasteiger charge is 2.39. The summed E-state index contributed by atoms with van der Waals surface area (Å²) < 4.78 is 56.9. The Kier molecular flexibility index (Phi) is 9.26. The van der Waals surface area contributed by atoms with Crippen LogP contribution in [0.5, 0.6) is 0 Å². The first kappa shape index (κ1) is 35.3. The molecule has 280 valence electrons. The molecule has 13 nitrogen and oxygen atoms in total. The van der Waals surface area contributed by atoms with Gasteiger partial charge in [0.1, 0.15) is 0 Å². The van der Waals surface area contributed by atoms with Gasteiger partial charge in [0, 0.05) is 37.9 Å². The number of anilines is 2. The molecular formula is C37H48N6O7S2. The lowest BCUT2D eigenvalue weighted by Gasteiger charge is -2.31. The summed E-state index contributed by atoms with van der Waals surface area (Å²) in [6.45, 7) is 2.95. The lowest BCUT2D eigenvalue weighted by molar-refractivity contribution is -0.129. The number of hydrogen-bond donors (Lipinski definition) is 5. The summed E-state index contributed by atoms with van der Waals surface area (Å²) in [5.41, 5.74) is 10.7. The third kappa shape index (κ3) is 6.68. The fraction of sp³-hybridized carbons (Fsp3) is 0.595. The molecule has 0 radical (unpaired) electrons. The average molecular weight is 753 g/mol. The number of carbonyl (C=O) groups is 3. The maximum absolute atomic E-state index is 13.4. The predicted molar refractivity (Wildman–Crippen MR) is 197 cm³/mol. The highest BCUT2D eigenvalue weighted by atomic mass is 32.2. The molecule has 2 aromatic rings. The van der Waals surface area contributed by atoms with Gasteiger partial charge in [-0.05, 0) is 146 Å². The molecule has 2 heterocycles. The molecule has 8 rings (SSSR count). The van der Waals surface area contributed by atoms with Crippen LogP contribution < -0.4 is 25.4 Å². The average Bonchev–Trinajstić information content (AvgIpc) is 3.93. The normalized spacial score (nSPS) is 24.9. The zero-order chi connectivity index (χ0) is 36.4. The number of rotatable bonds is 7. The second-order valence-electron chi connectivity index (χ2n) is 15.6. The Balaban J connectivity index is 0.991. The number of nitrogens with zero attached hydrogens (tertiary/aromatic N) is 1. The Bertz CT molecular complexity index is 2060. The van der Waals surface area contributed by atoms with E-state index in [4.69, 9.17) is 0 Å². The van der Waals surface area contributed by atoms with E-state index in [1.165, 1.54) is 34.1 Å². The highest BCUT2D eigenvalue weighted by molar-refractivity contribution is 7.91. The minimum atomic E-state index is -4.01. The van der Waals surface area contributed by atoms with Crippen molar-refractivity contribution in [3.05, 3.63) is 56.6 Å². The Morgan fingerprint density at radius 2 is 1.21 bits per heavy atom. The number of amides is 5. The van der Waals surface area contributed by atoms with E-state index in [0.29, 0.717) is 38.9 Å². The van der Waals surface area contributed by atoms with Crippen LogP contribution in [0.15, 0.2) is 12.1 Å². The van der Waals surface area contributed by atoms with E-state index in [9.17, 15) is 31.2 Å². The molecule has 0 saturated carbocycles. The molecule has 6 aliphatic rings. The molecule has 4 unspecified atom stereocenters. The summed E-state index contributed by atoms with van der Waals surface area (Å²) in [5, 5.41) is 7.54. The van der Waals surface area contributed by atoms with Gasteiger partial charge in [-0.1, -0.05) is 12.1 Å². The number of carbonyl (C=O) groups excluding carboxylic acids is 3. The topological polar surface area (TPSA) is 183 Å². The summed E-state index contributed by atoms with van der Waals surface area (Å²) in [7, 11) is -7.82. The van der Waals surface area contributed by atoms with E-state index in [1.807, 2.05) is 0 Å². The number of likely N-dealkylation sites (tertiary alicyclic amines) is 1. The third-order valence-corrected chi connectivity index (χ3v) is 15.9. The van der Waals surface area contributed by atoms with Crippen molar-refractivity contribution in [1.82, 2.24) is 19.7 Å². The van der Waals surface area contributed by atoms with E-state index < -0.39 is 42.6 Å². The zero-order valence-corrected chi connectivity index (χ0v) is 31.2. The van der Waals surface area contributed by atoms with Crippen LogP contribution in [-0.4, -0.2) is 76.4 Å². The standard InChI is InChI=1S/C37H48N6O7S2/c1-21(44)43-12-4-7-29(20-43)52(49,50)42-37(46)40-35-31-9-3-6-23(31)14-27-16-25(18-33(27)35)24-15-26-13-22-5-2-8-30(22)34(32(26)17-24)39-36(45)41-51(47,48)28-10-11-38-19-28/h13-14,24-25,28-29,38H,2-12,15-20H2,1H3,(H2,39,41,45)(H2,40,42,46). The maximum Gasteiger partial charge on any atom is 0.332 e. The minimum absolute atomic E-state index is 0.0711. The van der Waals surface area contributed by atoms with E-state index in [0.717, 1.165) is 97.8 Å². The Morgan fingerprint density at radius 3 is 1.71 bits per heavy atom. The molecule has 0 spiro atoms. The summed E-state index contributed by atoms with van der Waals surface area (Å²) in [6.07, 6.45) is 10.1. The molecule has 15 heteroatoms. The van der Waals surface area contributed by atoms with Crippen molar-refractivity contribution in [3.63, 3.8) is 0 Å². The molecule has 2 fully saturated rings. The summed E-state index contributed by atoms with van der Waals surface area (Å²) in [6, 6.07) is 3.09. The van der Waals surface area contributed by atoms with E-state index in [1.54, 1.807) is 0 Å². The highest BCUT2D eigenvalue weighted by Crippen LogP contribution is 2.47. The van der Waals surface area contributed by atoms with Crippen LogP contribution >= 0.6 is 0 Å². The van der Waals surface area contributed by atoms with Gasteiger partial charge >= 0.3 is 12.1 Å². The van der Waals surface area contributed by atoms with Crippen LogP contribution in [0, 0.1) is 11.8 Å². The second kappa shape index (κ2) is 13.6. The van der Waals surface area contributed by atoms with Crippen LogP contribution in [0.1, 0.15) is 83.5 Å². The number of urea groups is 2. The maximum atomic E-state index is 13.4. The fourth-order valence-electron chi connectivity index (χ4n) is 9.81. The summed E-state index contributed by atoms with van der Waals surface area (Å²) in [4.78, 5) is 40.0. The number of benzene rings is 2. The molecule has 5 amide bonds. The molecule has 0 aromatic heterocycles. The molecule has 5 N–H and O–H groups in total. The van der Waals surface area contributed by atoms with Crippen molar-refractivity contribution < 1.29 is 31.2 Å². The lowest BCUT2D eigenvalue weighted by atomic mass is 9.87. The summed E-state index contributed by atoms with van der Waals surface area (Å²) >= 11 is 0. The van der Waals surface area contributed by atoms with E-state index in [2.05, 4.69) is 37.5 Å². The SMILES string of the molecule is CC(=O)N1CCCC(S(=O)(=O)NC(=O)Nc2c3c(cc4c2CC(C2Cc5cc6c(c(NC(=O)NS(=O)(=O)C7CCNC7)c5C2)CCC6)C4)CCC3)C1. The molecule has 2 saturated heterocycles. The van der Waals surface area contributed by atoms with Gasteiger partial charge in [-0.25, -0.2) is 35.9 Å². The van der Waals surface area contributed by atoms with Gasteiger partial charge in [0.2, 0.25) is 26.0 Å². The molecule has 52 heavy (non-hydrogen) atoms. The molecule has 2 aromatic carbocycles. The monoisotopic (exact) mass is 752 g/mol. The van der Waals surface area contributed by atoms with Crippen LogP contribution in [0.25, 0.3) is 0 Å². The second-order valence-corrected chi connectivity index (χ2v) is 19.6. The van der Waals surface area contributed by atoms with Crippen molar-refractivity contribution in [2.75, 3.05) is 36.8 Å². The van der Waals surface area contributed by atoms with Crippen molar-refractivity contribution >= 4 is 49.4 Å². The number of sulfonamides is 2. The van der Waals surface area contributed by atoms with Gasteiger partial charge in [0.05, 0.1) is 10.5 Å². The number of fused-ring (bicyclic) bond motifs is 4. The quantitative estimate of drug-likeness (QED) is 0.286. The van der Waals surface area contributed by atoms with Crippen molar-refractivity contribution in [2.45, 2.75) is 101 Å². The lowest BCUT2D eigenvalue weighted by Crippen LogP contribution is -2.49. The minimum Gasteiger partial charge on any atom is -0.342 e. The zero-order valence-electron chi connectivity index (χ0n) is 29.6. The molecule has 4 aliphatic carbocycles. The predicted octanol–water partition coefficient (Wildman–Crippen LogP) is 3.07. The molecule has 2 aliphatic heterocycles. The van der Waals surface area contributed by atoms with Gasteiger partial charge in [0.25, 0.3) is 0 Å². The first-order valence-corrected chi connectivity index (χ1v) is 21.9. The third-order valence-electron chi connectivity index (χ3n) is 12.4. The fourth-order valence-corrected chi connectivity index (χ4v) is 12.4. The Labute approximate surface area is 305 Å². The van der Waals surface area contributed by atoms with Crippen LogP contribution in [0.4, 0.5) is 21.0 Å². The number of nitrogens with one attached hydrogen (secondary N) is 5.